The number of rotatable bonds is 4. The number of furan rings is 1. The zero-order valence-corrected chi connectivity index (χ0v) is 15.3. The van der Waals surface area contributed by atoms with Crippen molar-refractivity contribution in [1.82, 2.24) is 5.32 Å². The molecule has 9 heteroatoms. The number of hydrogen-bond acceptors (Lipinski definition) is 4. The third-order valence-corrected chi connectivity index (χ3v) is 4.75. The van der Waals surface area contributed by atoms with E-state index in [1.807, 2.05) is 0 Å². The number of nitrogens with zero attached hydrogens (tertiary/aromatic N) is 1. The van der Waals surface area contributed by atoms with Crippen LogP contribution in [0.5, 0.6) is 0 Å². The Labute approximate surface area is 157 Å². The lowest BCUT2D eigenvalue weighted by molar-refractivity contribution is 0.248. The minimum Gasteiger partial charge on any atom is -0.470 e. The summed E-state index contributed by atoms with van der Waals surface area (Å²) in [7, 11) is 0. The number of halogens is 2. The second-order valence-corrected chi connectivity index (χ2v) is 6.84. The van der Waals surface area contributed by atoms with Crippen molar-refractivity contribution in [1.29, 1.82) is 0 Å². The Morgan fingerprint density at radius 3 is 2.73 bits per heavy atom. The molecule has 0 spiro atoms. The summed E-state index contributed by atoms with van der Waals surface area (Å²) in [5.41, 5.74) is 1.20. The number of carbonyl (C=O) groups is 1. The van der Waals surface area contributed by atoms with Crippen LogP contribution in [0.2, 0.25) is 0 Å². The molecule has 1 heterocycles. The van der Waals surface area contributed by atoms with E-state index in [1.54, 1.807) is 0 Å². The second kappa shape index (κ2) is 8.22. The fourth-order valence-electron chi connectivity index (χ4n) is 2.85. The molecule has 2 aromatic rings. The molecule has 2 amide bonds. The Hall–Kier alpha value is -2.55. The van der Waals surface area contributed by atoms with Gasteiger partial charge in [0.2, 0.25) is 0 Å². The maximum absolute atomic E-state index is 13.3. The van der Waals surface area contributed by atoms with Crippen molar-refractivity contribution in [2.75, 3.05) is 10.6 Å². The number of amides is 2. The average molecular weight is 425 g/mol. The smallest absolute Gasteiger partial charge is 0.319 e. The molecule has 26 heavy (non-hydrogen) atoms. The molecule has 3 rings (SSSR count). The standard InChI is InChI=1S/C17H18BrFN4O3/c18-13-7-11(5-6-14(13)19)20-16(23-25)12-8-26-9-15(12)22-17(24)21-10-3-1-2-4-10/h5-10,25H,1-4H2,(H,20,23)(H2,21,22,24). The van der Waals surface area contributed by atoms with E-state index in [0.29, 0.717) is 16.9 Å². The topological polar surface area (TPSA) is 98.9 Å². The minimum atomic E-state index is -0.410. The molecule has 1 aliphatic rings. The van der Waals surface area contributed by atoms with Gasteiger partial charge in [0, 0.05) is 11.7 Å². The highest BCUT2D eigenvalue weighted by molar-refractivity contribution is 9.10. The zero-order valence-electron chi connectivity index (χ0n) is 13.8. The molecular formula is C17H18BrFN4O3. The molecule has 4 N–H and O–H groups in total. The highest BCUT2D eigenvalue weighted by atomic mass is 79.9. The van der Waals surface area contributed by atoms with Gasteiger partial charge in [0.1, 0.15) is 18.3 Å². The van der Waals surface area contributed by atoms with E-state index in [0.717, 1.165) is 25.7 Å². The van der Waals surface area contributed by atoms with Crippen LogP contribution in [0.3, 0.4) is 0 Å². The van der Waals surface area contributed by atoms with Gasteiger partial charge in [0.05, 0.1) is 15.7 Å². The Bertz CT molecular complexity index is 818. The minimum absolute atomic E-state index is 0.0495. The Kier molecular flexibility index (Phi) is 5.77. The summed E-state index contributed by atoms with van der Waals surface area (Å²) in [6.45, 7) is 0. The van der Waals surface area contributed by atoms with Crippen LogP contribution < -0.4 is 16.0 Å². The molecule has 0 radical (unpaired) electrons. The summed E-state index contributed by atoms with van der Waals surface area (Å²) in [4.78, 5) is 12.1. The van der Waals surface area contributed by atoms with Crippen molar-refractivity contribution in [3.8, 4) is 0 Å². The summed E-state index contributed by atoms with van der Waals surface area (Å²) in [6, 6.07) is 4.09. The summed E-state index contributed by atoms with van der Waals surface area (Å²) < 4.78 is 18.7. The Morgan fingerprint density at radius 1 is 1.27 bits per heavy atom. The van der Waals surface area contributed by atoms with Gasteiger partial charge in [-0.15, -0.1) is 0 Å². The van der Waals surface area contributed by atoms with Gasteiger partial charge in [-0.05, 0) is 47.0 Å². The number of nitrogens with one attached hydrogen (secondary N) is 3. The number of benzene rings is 1. The number of amidine groups is 1. The third-order valence-electron chi connectivity index (χ3n) is 4.14. The van der Waals surface area contributed by atoms with Crippen LogP contribution in [0.1, 0.15) is 31.2 Å². The quantitative estimate of drug-likeness (QED) is 0.251. The van der Waals surface area contributed by atoms with E-state index in [4.69, 9.17) is 4.42 Å². The number of anilines is 2. The Morgan fingerprint density at radius 2 is 2.04 bits per heavy atom. The molecule has 0 bridgehead atoms. The second-order valence-electron chi connectivity index (χ2n) is 5.98. The van der Waals surface area contributed by atoms with E-state index in [2.05, 4.69) is 37.0 Å². The molecule has 1 saturated carbocycles. The molecule has 7 nitrogen and oxygen atoms in total. The van der Waals surface area contributed by atoms with Crippen LogP contribution in [0.4, 0.5) is 20.6 Å². The first-order chi connectivity index (χ1) is 12.6. The van der Waals surface area contributed by atoms with E-state index in [1.165, 1.54) is 30.7 Å². The predicted molar refractivity (Wildman–Crippen MR) is 99.2 cm³/mol. The summed E-state index contributed by atoms with van der Waals surface area (Å²) in [5.74, 6) is -0.360. The summed E-state index contributed by atoms with van der Waals surface area (Å²) >= 11 is 3.09. The number of urea groups is 1. The average Bonchev–Trinajstić information content (AvgIpc) is 3.28. The molecule has 1 fully saturated rings. The van der Waals surface area contributed by atoms with Crippen molar-refractivity contribution in [3.05, 3.63) is 46.6 Å². The van der Waals surface area contributed by atoms with E-state index in [-0.39, 0.29) is 22.4 Å². The fourth-order valence-corrected chi connectivity index (χ4v) is 3.23. The van der Waals surface area contributed by atoms with E-state index < -0.39 is 5.82 Å². The van der Waals surface area contributed by atoms with Crippen LogP contribution in [-0.2, 0) is 0 Å². The first-order valence-corrected chi connectivity index (χ1v) is 8.94. The number of oxime groups is 1. The van der Waals surface area contributed by atoms with Crippen LogP contribution in [0, 0.1) is 5.82 Å². The van der Waals surface area contributed by atoms with Crippen molar-refractivity contribution < 1.29 is 18.8 Å². The largest absolute Gasteiger partial charge is 0.470 e. The first-order valence-electron chi connectivity index (χ1n) is 8.15. The van der Waals surface area contributed by atoms with Gasteiger partial charge >= 0.3 is 6.03 Å². The zero-order chi connectivity index (χ0) is 18.5. The SMILES string of the molecule is O=C(Nc1cocc1/C(=N/O)Nc1ccc(F)c(Br)c1)NC1CCCC1. The molecule has 0 unspecified atom stereocenters. The molecular weight excluding hydrogens is 407 g/mol. The predicted octanol–water partition coefficient (Wildman–Crippen LogP) is 4.49. The summed E-state index contributed by atoms with van der Waals surface area (Å²) in [5, 5.41) is 21.0. The van der Waals surface area contributed by atoms with Crippen LogP contribution >= 0.6 is 15.9 Å². The van der Waals surface area contributed by atoms with Gasteiger partial charge in [0.25, 0.3) is 0 Å². The van der Waals surface area contributed by atoms with Crippen molar-refractivity contribution in [2.24, 2.45) is 5.16 Å². The van der Waals surface area contributed by atoms with Gasteiger partial charge < -0.3 is 25.6 Å². The van der Waals surface area contributed by atoms with Crippen LogP contribution in [0.25, 0.3) is 0 Å². The molecule has 0 atom stereocenters. The number of carbonyl (C=O) groups excluding carboxylic acids is 1. The van der Waals surface area contributed by atoms with E-state index >= 15 is 0 Å². The van der Waals surface area contributed by atoms with Crippen molar-refractivity contribution in [3.63, 3.8) is 0 Å². The lowest BCUT2D eigenvalue weighted by Gasteiger charge is -2.13. The third kappa shape index (κ3) is 4.34. The van der Waals surface area contributed by atoms with Crippen LogP contribution in [0.15, 0.2) is 44.8 Å². The van der Waals surface area contributed by atoms with Crippen molar-refractivity contribution >= 4 is 39.2 Å². The van der Waals surface area contributed by atoms with Crippen LogP contribution in [-0.4, -0.2) is 23.1 Å². The van der Waals surface area contributed by atoms with Gasteiger partial charge in [-0.1, -0.05) is 18.0 Å². The lowest BCUT2D eigenvalue weighted by Crippen LogP contribution is -2.36. The fraction of sp³-hybridized carbons (Fsp3) is 0.294. The lowest BCUT2D eigenvalue weighted by atomic mass is 10.2. The first kappa shape index (κ1) is 18.2. The normalized spacial score (nSPS) is 15.1. The monoisotopic (exact) mass is 424 g/mol. The maximum Gasteiger partial charge on any atom is 0.319 e. The summed E-state index contributed by atoms with van der Waals surface area (Å²) in [6.07, 6.45) is 6.84. The maximum atomic E-state index is 13.3. The Balaban J connectivity index is 1.70. The highest BCUT2D eigenvalue weighted by Gasteiger charge is 2.20. The molecule has 0 aliphatic heterocycles. The van der Waals surface area contributed by atoms with Crippen molar-refractivity contribution in [2.45, 2.75) is 31.7 Å². The molecule has 1 aromatic carbocycles. The molecule has 1 aliphatic carbocycles. The van der Waals surface area contributed by atoms with Gasteiger partial charge in [-0.3, -0.25) is 0 Å². The highest BCUT2D eigenvalue weighted by Crippen LogP contribution is 2.23. The number of hydrogen-bond donors (Lipinski definition) is 4. The van der Waals surface area contributed by atoms with E-state index in [9.17, 15) is 14.4 Å². The van der Waals surface area contributed by atoms with Gasteiger partial charge in [0.15, 0.2) is 5.84 Å². The molecule has 1 aromatic heterocycles. The van der Waals surface area contributed by atoms with Gasteiger partial charge in [-0.2, -0.15) is 0 Å². The molecule has 138 valence electrons. The van der Waals surface area contributed by atoms with Gasteiger partial charge in [-0.25, -0.2) is 9.18 Å². The molecule has 0 saturated heterocycles.